The number of hydrogen-bond donors (Lipinski definition) is 2. The number of nitrogens with one attached hydrogen (secondary N) is 1. The second-order valence-corrected chi connectivity index (χ2v) is 6.14. The molecule has 0 fully saturated rings. The van der Waals surface area contributed by atoms with Gasteiger partial charge in [0.1, 0.15) is 0 Å². The fourth-order valence-electron chi connectivity index (χ4n) is 1.97. The van der Waals surface area contributed by atoms with Crippen molar-refractivity contribution in [2.75, 3.05) is 5.32 Å². The number of benzene rings is 1. The molecular formula is C14H15BrN2OS. The number of carbonyl (C=O) groups is 1. The highest BCUT2D eigenvalue weighted by atomic mass is 79.9. The van der Waals surface area contributed by atoms with Crippen LogP contribution in [0.15, 0.2) is 34.1 Å². The van der Waals surface area contributed by atoms with Gasteiger partial charge in [-0.2, -0.15) is 0 Å². The van der Waals surface area contributed by atoms with Crippen LogP contribution in [-0.4, -0.2) is 5.91 Å². The maximum atomic E-state index is 11.3. The van der Waals surface area contributed by atoms with Gasteiger partial charge >= 0.3 is 0 Å². The van der Waals surface area contributed by atoms with Crippen LogP contribution in [0.25, 0.3) is 0 Å². The minimum atomic E-state index is -0.397. The highest BCUT2D eigenvalue weighted by Gasteiger charge is 2.14. The van der Waals surface area contributed by atoms with Gasteiger partial charge in [-0.3, -0.25) is 4.79 Å². The summed E-state index contributed by atoms with van der Waals surface area (Å²) in [5.74, 6) is -0.397. The smallest absolute Gasteiger partial charge is 0.249 e. The molecule has 0 spiro atoms. The van der Waals surface area contributed by atoms with Gasteiger partial charge in [0.15, 0.2) is 0 Å². The molecule has 1 atom stereocenters. The Kier molecular flexibility index (Phi) is 4.27. The first kappa shape index (κ1) is 14.1. The van der Waals surface area contributed by atoms with E-state index in [1.807, 2.05) is 30.5 Å². The predicted octanol–water partition coefficient (Wildman–Crippen LogP) is 4.09. The van der Waals surface area contributed by atoms with Crippen molar-refractivity contribution in [1.29, 1.82) is 0 Å². The van der Waals surface area contributed by atoms with Crippen molar-refractivity contribution >= 4 is 38.9 Å². The normalized spacial score (nSPS) is 12.2. The average molecular weight is 339 g/mol. The summed E-state index contributed by atoms with van der Waals surface area (Å²) in [6.45, 7) is 3.99. The molecule has 0 bridgehead atoms. The Balaban J connectivity index is 2.27. The molecule has 100 valence electrons. The molecule has 3 N–H and O–H groups in total. The Hall–Kier alpha value is -1.33. The maximum absolute atomic E-state index is 11.3. The molecular weight excluding hydrogens is 324 g/mol. The van der Waals surface area contributed by atoms with Crippen LogP contribution in [0.3, 0.4) is 0 Å². The molecule has 1 heterocycles. The van der Waals surface area contributed by atoms with Crippen molar-refractivity contribution in [3.63, 3.8) is 0 Å². The molecule has 1 amide bonds. The quantitative estimate of drug-likeness (QED) is 0.881. The van der Waals surface area contributed by atoms with Gasteiger partial charge in [0.05, 0.1) is 6.04 Å². The number of nitrogens with two attached hydrogens (primary N) is 1. The number of rotatable bonds is 4. The summed E-state index contributed by atoms with van der Waals surface area (Å²) in [6.07, 6.45) is 0. The number of primary amides is 1. The highest BCUT2D eigenvalue weighted by Crippen LogP contribution is 2.32. The molecule has 0 aliphatic rings. The van der Waals surface area contributed by atoms with E-state index in [1.54, 1.807) is 17.4 Å². The first-order valence-electron chi connectivity index (χ1n) is 5.89. The van der Waals surface area contributed by atoms with Gasteiger partial charge in [-0.15, -0.1) is 11.3 Å². The molecule has 0 aliphatic heterocycles. The van der Waals surface area contributed by atoms with Crippen molar-refractivity contribution in [3.05, 3.63) is 50.1 Å². The van der Waals surface area contributed by atoms with Crippen molar-refractivity contribution < 1.29 is 4.79 Å². The SMILES string of the molecule is Cc1c(NC(C)c2sccc2Br)cccc1C(N)=O. The molecule has 1 aromatic heterocycles. The monoisotopic (exact) mass is 338 g/mol. The Morgan fingerprint density at radius 3 is 2.74 bits per heavy atom. The van der Waals surface area contributed by atoms with E-state index in [0.29, 0.717) is 5.56 Å². The fourth-order valence-corrected chi connectivity index (χ4v) is 3.70. The summed E-state index contributed by atoms with van der Waals surface area (Å²) in [5.41, 5.74) is 7.74. The van der Waals surface area contributed by atoms with Crippen LogP contribution < -0.4 is 11.1 Å². The molecule has 5 heteroatoms. The third kappa shape index (κ3) is 2.98. The second-order valence-electron chi connectivity index (χ2n) is 4.34. The molecule has 0 radical (unpaired) electrons. The molecule has 0 aliphatic carbocycles. The van der Waals surface area contributed by atoms with E-state index in [2.05, 4.69) is 28.2 Å². The third-order valence-corrected chi connectivity index (χ3v) is 5.06. The van der Waals surface area contributed by atoms with Gasteiger partial charge in [0.2, 0.25) is 5.91 Å². The summed E-state index contributed by atoms with van der Waals surface area (Å²) in [5, 5.41) is 5.47. The fraction of sp³-hybridized carbons (Fsp3) is 0.214. The zero-order valence-electron chi connectivity index (χ0n) is 10.7. The summed E-state index contributed by atoms with van der Waals surface area (Å²) in [6, 6.07) is 7.74. The average Bonchev–Trinajstić information content (AvgIpc) is 2.77. The van der Waals surface area contributed by atoms with Gasteiger partial charge in [0.25, 0.3) is 0 Å². The lowest BCUT2D eigenvalue weighted by Gasteiger charge is -2.17. The van der Waals surface area contributed by atoms with Crippen molar-refractivity contribution in [1.82, 2.24) is 0 Å². The second kappa shape index (κ2) is 5.75. The summed E-state index contributed by atoms with van der Waals surface area (Å²) in [7, 11) is 0. The van der Waals surface area contributed by atoms with Gasteiger partial charge in [-0.05, 0) is 58.9 Å². The Bertz CT molecular complexity index is 609. The number of hydrogen-bond acceptors (Lipinski definition) is 3. The maximum Gasteiger partial charge on any atom is 0.249 e. The van der Waals surface area contributed by atoms with E-state index in [9.17, 15) is 4.79 Å². The van der Waals surface area contributed by atoms with Crippen LogP contribution in [0.5, 0.6) is 0 Å². The Morgan fingerprint density at radius 1 is 1.42 bits per heavy atom. The van der Waals surface area contributed by atoms with E-state index < -0.39 is 5.91 Å². The summed E-state index contributed by atoms with van der Waals surface area (Å²) >= 11 is 5.22. The van der Waals surface area contributed by atoms with Crippen LogP contribution >= 0.6 is 27.3 Å². The summed E-state index contributed by atoms with van der Waals surface area (Å²) < 4.78 is 1.10. The molecule has 2 aromatic rings. The number of halogens is 1. The van der Waals surface area contributed by atoms with Crippen LogP contribution in [0.4, 0.5) is 5.69 Å². The molecule has 0 saturated heterocycles. The Labute approximate surface area is 125 Å². The van der Waals surface area contributed by atoms with Crippen molar-refractivity contribution in [2.45, 2.75) is 19.9 Å². The predicted molar refractivity (Wildman–Crippen MR) is 83.8 cm³/mol. The van der Waals surface area contributed by atoms with E-state index >= 15 is 0 Å². The highest BCUT2D eigenvalue weighted by molar-refractivity contribution is 9.10. The minimum Gasteiger partial charge on any atom is -0.377 e. The van der Waals surface area contributed by atoms with Crippen molar-refractivity contribution in [2.24, 2.45) is 5.73 Å². The van der Waals surface area contributed by atoms with E-state index in [4.69, 9.17) is 5.73 Å². The third-order valence-electron chi connectivity index (χ3n) is 3.01. The Morgan fingerprint density at radius 2 is 2.16 bits per heavy atom. The number of anilines is 1. The lowest BCUT2D eigenvalue weighted by atomic mass is 10.1. The largest absolute Gasteiger partial charge is 0.377 e. The minimum absolute atomic E-state index is 0.163. The standard InChI is InChI=1S/C14H15BrN2OS/c1-8-10(14(16)18)4-3-5-12(8)17-9(2)13-11(15)6-7-19-13/h3-7,9,17H,1-2H3,(H2,16,18). The molecule has 1 aromatic carbocycles. The first-order chi connectivity index (χ1) is 9.00. The van der Waals surface area contributed by atoms with Gasteiger partial charge in [0, 0.05) is 20.6 Å². The van der Waals surface area contributed by atoms with Crippen LogP contribution in [-0.2, 0) is 0 Å². The van der Waals surface area contributed by atoms with Crippen molar-refractivity contribution in [3.8, 4) is 0 Å². The van der Waals surface area contributed by atoms with E-state index in [0.717, 1.165) is 15.7 Å². The number of carbonyl (C=O) groups excluding carboxylic acids is 1. The van der Waals surface area contributed by atoms with Crippen LogP contribution in [0, 0.1) is 6.92 Å². The molecule has 0 saturated carbocycles. The van der Waals surface area contributed by atoms with Gasteiger partial charge in [-0.1, -0.05) is 6.07 Å². The van der Waals surface area contributed by atoms with Crippen LogP contribution in [0.2, 0.25) is 0 Å². The number of thiophene rings is 1. The topological polar surface area (TPSA) is 55.1 Å². The molecule has 19 heavy (non-hydrogen) atoms. The molecule has 2 rings (SSSR count). The number of amides is 1. The lowest BCUT2D eigenvalue weighted by Crippen LogP contribution is -2.14. The first-order valence-corrected chi connectivity index (χ1v) is 7.56. The van der Waals surface area contributed by atoms with E-state index in [-0.39, 0.29) is 6.04 Å². The summed E-state index contributed by atoms with van der Waals surface area (Å²) in [4.78, 5) is 12.6. The molecule has 3 nitrogen and oxygen atoms in total. The zero-order valence-corrected chi connectivity index (χ0v) is 13.1. The van der Waals surface area contributed by atoms with Gasteiger partial charge in [-0.25, -0.2) is 0 Å². The van der Waals surface area contributed by atoms with E-state index in [1.165, 1.54) is 4.88 Å². The van der Waals surface area contributed by atoms with Crippen LogP contribution in [0.1, 0.15) is 33.8 Å². The molecule has 1 unspecified atom stereocenters. The zero-order chi connectivity index (χ0) is 14.0. The lowest BCUT2D eigenvalue weighted by molar-refractivity contribution is 0.1000. The van der Waals surface area contributed by atoms with Gasteiger partial charge < -0.3 is 11.1 Å².